The number of ether oxygens (including phenoxy) is 2. The molecule has 212 valence electrons. The smallest absolute Gasteiger partial charge is 0.294 e. The van der Waals surface area contributed by atoms with Crippen LogP contribution in [0.2, 0.25) is 0 Å². The van der Waals surface area contributed by atoms with Crippen LogP contribution in [0.1, 0.15) is 29.2 Å². The molecule has 1 saturated heterocycles. The number of anilines is 2. The summed E-state index contributed by atoms with van der Waals surface area (Å²) >= 11 is 0.762. The fourth-order valence-corrected chi connectivity index (χ4v) is 4.83. The van der Waals surface area contributed by atoms with Gasteiger partial charge in [0.05, 0.1) is 11.5 Å². The average Bonchev–Trinajstić information content (AvgIpc) is 3.19. The first-order valence-electron chi connectivity index (χ1n) is 13.0. The number of aryl methyl sites for hydroxylation is 3. The molecule has 0 aliphatic carbocycles. The molecule has 9 nitrogen and oxygen atoms in total. The van der Waals surface area contributed by atoms with Gasteiger partial charge in [-0.3, -0.25) is 24.1 Å². The van der Waals surface area contributed by atoms with E-state index < -0.39 is 23.6 Å². The lowest BCUT2D eigenvalue weighted by Crippen LogP contribution is -2.36. The van der Waals surface area contributed by atoms with Gasteiger partial charge in [0.2, 0.25) is 5.91 Å². The van der Waals surface area contributed by atoms with Crippen LogP contribution >= 0.6 is 11.8 Å². The van der Waals surface area contributed by atoms with Crippen LogP contribution in [0.15, 0.2) is 65.6 Å². The van der Waals surface area contributed by atoms with E-state index in [2.05, 4.69) is 10.6 Å². The van der Waals surface area contributed by atoms with Crippen molar-refractivity contribution in [3.63, 3.8) is 0 Å². The number of carbonyl (C=O) groups excluding carboxylic acids is 4. The highest BCUT2D eigenvalue weighted by Gasteiger charge is 2.36. The molecule has 1 heterocycles. The van der Waals surface area contributed by atoms with E-state index in [1.165, 1.54) is 0 Å². The minimum Gasteiger partial charge on any atom is -0.490 e. The van der Waals surface area contributed by atoms with Crippen molar-refractivity contribution in [1.29, 1.82) is 0 Å². The van der Waals surface area contributed by atoms with E-state index in [4.69, 9.17) is 9.47 Å². The summed E-state index contributed by atoms with van der Waals surface area (Å²) in [6, 6.07) is 17.9. The molecule has 1 fully saturated rings. The number of hydrogen-bond acceptors (Lipinski definition) is 7. The second-order valence-electron chi connectivity index (χ2n) is 9.41. The minimum atomic E-state index is -0.554. The second-order valence-corrected chi connectivity index (χ2v) is 10.4. The molecule has 2 N–H and O–H groups in total. The summed E-state index contributed by atoms with van der Waals surface area (Å²) in [7, 11) is 0. The second kappa shape index (κ2) is 13.2. The quantitative estimate of drug-likeness (QED) is 0.299. The zero-order chi connectivity index (χ0) is 29.5. The molecule has 10 heteroatoms. The van der Waals surface area contributed by atoms with Gasteiger partial charge in [0.1, 0.15) is 6.54 Å². The summed E-state index contributed by atoms with van der Waals surface area (Å²) in [4.78, 5) is 51.6. The van der Waals surface area contributed by atoms with Crippen LogP contribution < -0.4 is 20.1 Å². The molecular formula is C31H31N3O6S. The largest absolute Gasteiger partial charge is 0.490 e. The molecule has 1 aliphatic heterocycles. The molecular weight excluding hydrogens is 542 g/mol. The van der Waals surface area contributed by atoms with Gasteiger partial charge >= 0.3 is 0 Å². The summed E-state index contributed by atoms with van der Waals surface area (Å²) < 4.78 is 11.4. The lowest BCUT2D eigenvalue weighted by Gasteiger charge is -2.14. The van der Waals surface area contributed by atoms with Gasteiger partial charge in [-0.1, -0.05) is 30.3 Å². The summed E-state index contributed by atoms with van der Waals surface area (Å²) in [5.41, 5.74) is 4.94. The maximum absolute atomic E-state index is 13.0. The van der Waals surface area contributed by atoms with E-state index >= 15 is 0 Å². The molecule has 0 saturated carbocycles. The van der Waals surface area contributed by atoms with Crippen LogP contribution in [0.25, 0.3) is 6.08 Å². The van der Waals surface area contributed by atoms with Crippen molar-refractivity contribution in [3.05, 3.63) is 87.8 Å². The first kappa shape index (κ1) is 29.4. The average molecular weight is 574 g/mol. The van der Waals surface area contributed by atoms with Crippen molar-refractivity contribution in [2.45, 2.75) is 27.7 Å². The van der Waals surface area contributed by atoms with Gasteiger partial charge < -0.3 is 20.1 Å². The number of nitrogens with one attached hydrogen (secondary N) is 2. The Balaban J connectivity index is 1.41. The molecule has 1 aliphatic rings. The van der Waals surface area contributed by atoms with Crippen molar-refractivity contribution >= 4 is 52.2 Å². The Kier molecular flexibility index (Phi) is 9.46. The monoisotopic (exact) mass is 573 g/mol. The summed E-state index contributed by atoms with van der Waals surface area (Å²) in [5, 5.41) is 5.02. The Morgan fingerprint density at radius 2 is 1.63 bits per heavy atom. The Morgan fingerprint density at radius 3 is 2.37 bits per heavy atom. The topological polar surface area (TPSA) is 114 Å². The molecule has 0 spiro atoms. The molecule has 0 bridgehead atoms. The predicted molar refractivity (Wildman–Crippen MR) is 160 cm³/mol. The third kappa shape index (κ3) is 7.55. The number of benzene rings is 3. The van der Waals surface area contributed by atoms with Crippen molar-refractivity contribution < 1.29 is 28.7 Å². The number of amides is 4. The number of hydrogen-bond donors (Lipinski definition) is 2. The van der Waals surface area contributed by atoms with E-state index in [9.17, 15) is 19.2 Å². The van der Waals surface area contributed by atoms with E-state index in [-0.39, 0.29) is 17.4 Å². The molecule has 0 unspecified atom stereocenters. The minimum absolute atomic E-state index is 0.183. The van der Waals surface area contributed by atoms with Crippen molar-refractivity contribution in [1.82, 2.24) is 4.90 Å². The van der Waals surface area contributed by atoms with Crippen LogP contribution in [0.4, 0.5) is 16.2 Å². The van der Waals surface area contributed by atoms with Crippen molar-refractivity contribution in [2.24, 2.45) is 0 Å². The normalized spacial score (nSPS) is 13.9. The fourth-order valence-electron chi connectivity index (χ4n) is 4.00. The first-order chi connectivity index (χ1) is 19.6. The van der Waals surface area contributed by atoms with Gasteiger partial charge in [0.15, 0.2) is 18.1 Å². The molecule has 41 heavy (non-hydrogen) atoms. The van der Waals surface area contributed by atoms with E-state index in [0.717, 1.165) is 33.4 Å². The molecule has 0 radical (unpaired) electrons. The molecule has 0 atom stereocenters. The Hall–Kier alpha value is -4.57. The molecule has 0 aromatic heterocycles. The van der Waals surface area contributed by atoms with E-state index in [1.807, 2.05) is 64.1 Å². The van der Waals surface area contributed by atoms with Crippen LogP contribution in [0.5, 0.6) is 11.5 Å². The number of imide groups is 1. The van der Waals surface area contributed by atoms with Gasteiger partial charge in [0, 0.05) is 11.4 Å². The molecule has 3 aromatic carbocycles. The highest BCUT2D eigenvalue weighted by molar-refractivity contribution is 8.18. The Bertz CT molecular complexity index is 1530. The molecule has 3 aromatic rings. The van der Waals surface area contributed by atoms with Crippen molar-refractivity contribution in [2.75, 3.05) is 30.4 Å². The predicted octanol–water partition coefficient (Wildman–Crippen LogP) is 5.70. The molecule has 4 amide bonds. The van der Waals surface area contributed by atoms with Gasteiger partial charge in [-0.05, 0) is 98.1 Å². The number of nitrogens with zero attached hydrogens (tertiary/aromatic N) is 1. The molecule has 4 rings (SSSR count). The number of para-hydroxylation sites is 1. The standard InChI is InChI=1S/C31H31N3O6S/c1-5-39-26-15-22(11-13-25(26)40-18-29(36)33-24-9-7-6-8-20(24)3)16-27-30(37)34(31(38)41-27)17-28(35)32-23-12-10-19(2)21(4)14-23/h6-16H,5,17-18H2,1-4H3,(H,32,35)(H,33,36)/b27-16-. The third-order valence-electron chi connectivity index (χ3n) is 6.31. The van der Waals surface area contributed by atoms with Crippen molar-refractivity contribution in [3.8, 4) is 11.5 Å². The maximum atomic E-state index is 13.0. The Morgan fingerprint density at radius 1 is 0.854 bits per heavy atom. The summed E-state index contributed by atoms with van der Waals surface area (Å²) in [6.07, 6.45) is 1.56. The number of carbonyl (C=O) groups is 4. The fraction of sp³-hybridized carbons (Fsp3) is 0.226. The van der Waals surface area contributed by atoms with Gasteiger partial charge in [-0.25, -0.2) is 0 Å². The lowest BCUT2D eigenvalue weighted by atomic mass is 10.1. The van der Waals surface area contributed by atoms with Gasteiger partial charge in [0.25, 0.3) is 17.1 Å². The highest BCUT2D eigenvalue weighted by Crippen LogP contribution is 2.34. The Labute approximate surface area is 242 Å². The zero-order valence-corrected chi connectivity index (χ0v) is 24.1. The van der Waals surface area contributed by atoms with Crippen LogP contribution in [0.3, 0.4) is 0 Å². The SMILES string of the molecule is CCOc1cc(/C=C2\SC(=O)N(CC(=O)Nc3ccc(C)c(C)c3)C2=O)ccc1OCC(=O)Nc1ccccc1C. The highest BCUT2D eigenvalue weighted by atomic mass is 32.2. The summed E-state index contributed by atoms with van der Waals surface area (Å²) in [6.45, 7) is 7.35. The number of rotatable bonds is 10. The van der Waals surface area contributed by atoms with E-state index in [1.54, 1.807) is 30.3 Å². The zero-order valence-electron chi connectivity index (χ0n) is 23.3. The van der Waals surface area contributed by atoms with E-state index in [0.29, 0.717) is 35.0 Å². The van der Waals surface area contributed by atoms with Gasteiger partial charge in [-0.2, -0.15) is 0 Å². The van der Waals surface area contributed by atoms with Crippen LogP contribution in [-0.2, 0) is 14.4 Å². The third-order valence-corrected chi connectivity index (χ3v) is 7.22. The van der Waals surface area contributed by atoms with Gasteiger partial charge in [-0.15, -0.1) is 0 Å². The van der Waals surface area contributed by atoms with Crippen LogP contribution in [-0.4, -0.2) is 47.6 Å². The summed E-state index contributed by atoms with van der Waals surface area (Å²) in [5.74, 6) is -0.595. The first-order valence-corrected chi connectivity index (χ1v) is 13.8. The van der Waals surface area contributed by atoms with Crippen LogP contribution in [0, 0.1) is 20.8 Å². The number of thioether (sulfide) groups is 1. The maximum Gasteiger partial charge on any atom is 0.294 e. The lowest BCUT2D eigenvalue weighted by molar-refractivity contribution is -0.127.